The minimum Gasteiger partial charge on any atom is -0.494 e. The van der Waals surface area contributed by atoms with Crippen molar-refractivity contribution in [3.8, 4) is 46.5 Å². The van der Waals surface area contributed by atoms with Crippen LogP contribution in [0.25, 0.3) is 0 Å². The number of hydrogen-bond acceptors (Lipinski definition) is 15. The number of benzene rings is 4. The van der Waals surface area contributed by atoms with Gasteiger partial charge in [0.25, 0.3) is 11.8 Å². The smallest absolute Gasteiger partial charge is 0.335 e. The number of carbonyl (C=O) groups excluding carboxylic acids is 3. The molecule has 2 amide bonds. The number of rotatable bonds is 16. The van der Waals surface area contributed by atoms with Gasteiger partial charge in [-0.2, -0.15) is 0 Å². The summed E-state index contributed by atoms with van der Waals surface area (Å²) in [5, 5.41) is 41.9. The molecule has 10 rings (SSSR count). The molecule has 18 nitrogen and oxygen atoms in total. The summed E-state index contributed by atoms with van der Waals surface area (Å²) in [5.41, 5.74) is 5.89. The van der Waals surface area contributed by atoms with E-state index in [4.69, 9.17) is 28.8 Å². The van der Waals surface area contributed by atoms with Crippen LogP contribution >= 0.6 is 11.8 Å². The molecule has 4 aromatic carbocycles. The van der Waals surface area contributed by atoms with E-state index in [0.717, 1.165) is 34.6 Å². The van der Waals surface area contributed by atoms with Gasteiger partial charge in [-0.3, -0.25) is 24.0 Å². The topological polar surface area (TPSA) is 210 Å². The minimum atomic E-state index is -0.830. The monoisotopic (exact) mass is 984 g/mol. The molecule has 19 heteroatoms. The van der Waals surface area contributed by atoms with Crippen LogP contribution in [0.2, 0.25) is 0 Å². The van der Waals surface area contributed by atoms with Crippen LogP contribution in [0.3, 0.4) is 0 Å². The van der Waals surface area contributed by atoms with E-state index in [1.165, 1.54) is 36.6 Å². The van der Waals surface area contributed by atoms with Crippen LogP contribution in [0, 0.1) is 0 Å². The van der Waals surface area contributed by atoms with Crippen molar-refractivity contribution in [1.82, 2.24) is 9.30 Å². The third-order valence-corrected chi connectivity index (χ3v) is 14.2. The summed E-state index contributed by atoms with van der Waals surface area (Å²) in [6, 6.07) is 26.1. The van der Waals surface area contributed by atoms with Crippen molar-refractivity contribution in [3.05, 3.63) is 113 Å². The molecule has 0 aliphatic carbocycles. The van der Waals surface area contributed by atoms with Crippen molar-refractivity contribution >= 4 is 58.5 Å². The lowest BCUT2D eigenvalue weighted by atomic mass is 10.1. The van der Waals surface area contributed by atoms with E-state index >= 15 is 0 Å². The number of thioether (sulfide) groups is 1. The van der Waals surface area contributed by atoms with Crippen LogP contribution in [0.5, 0.6) is 46.5 Å². The van der Waals surface area contributed by atoms with Gasteiger partial charge in [0.15, 0.2) is 28.9 Å². The molecule has 368 valence electrons. The first-order valence-electron chi connectivity index (χ1n) is 23.1. The molecule has 0 saturated heterocycles. The quantitative estimate of drug-likeness (QED) is 0.0556. The van der Waals surface area contributed by atoms with Gasteiger partial charge in [-0.15, -0.1) is 16.5 Å². The third kappa shape index (κ3) is 8.85. The van der Waals surface area contributed by atoms with Crippen LogP contribution in [0.1, 0.15) is 58.5 Å². The van der Waals surface area contributed by atoms with Gasteiger partial charge in [-0.25, -0.2) is 4.79 Å². The van der Waals surface area contributed by atoms with Gasteiger partial charge in [0.05, 0.1) is 73.3 Å². The molecule has 71 heavy (non-hydrogen) atoms. The van der Waals surface area contributed by atoms with E-state index < -0.39 is 22.5 Å². The van der Waals surface area contributed by atoms with Gasteiger partial charge in [-0.05, 0) is 55.7 Å². The average molecular weight is 985 g/mol. The fraction of sp³-hybridized carbons (Fsp3) is 0.308. The molecule has 2 aromatic heterocycles. The molecule has 0 saturated carbocycles. The number of hydrogen-bond donors (Lipinski definition) is 4. The summed E-state index contributed by atoms with van der Waals surface area (Å²) in [4.78, 5) is 57.1. The van der Waals surface area contributed by atoms with E-state index in [0.29, 0.717) is 87.5 Å². The zero-order chi connectivity index (χ0) is 49.7. The van der Waals surface area contributed by atoms with Gasteiger partial charge >= 0.3 is 5.97 Å². The number of methoxy groups -OCH3 is 2. The van der Waals surface area contributed by atoms with Gasteiger partial charge in [0, 0.05) is 85.1 Å². The molecule has 0 bridgehead atoms. The second-order valence-corrected chi connectivity index (χ2v) is 20.0. The highest BCUT2D eigenvalue weighted by atomic mass is 32.2. The molecule has 6 aromatic rings. The van der Waals surface area contributed by atoms with E-state index in [1.54, 1.807) is 23.1 Å². The maximum atomic E-state index is 14.7. The highest BCUT2D eigenvalue weighted by Crippen LogP contribution is 2.47. The second kappa shape index (κ2) is 18.8. The van der Waals surface area contributed by atoms with Gasteiger partial charge in [0.2, 0.25) is 17.6 Å². The lowest BCUT2D eigenvalue weighted by molar-refractivity contribution is -0.145. The number of anilines is 3. The highest BCUT2D eigenvalue weighted by Gasteiger charge is 2.42. The SMILES string of the molecule is COc1cc2c(cc1OCCCOc1cc3c(cc1OC)C(=O)N1c4ccccc4CC1CN3CC(C)(C)Sc1cc(O)n(CCC(=O)On3c(O)ccc3O)c1O)N=CC1Cc3ccccc3N1C2=O. The lowest BCUT2D eigenvalue weighted by Gasteiger charge is -2.35. The standard InChI is InChI=1S/C52H52N6O12S/c1-52(2,71-44-26-47(61)55(51(44)65)17-16-48(62)70-58-45(59)14-15-46(58)60)29-54-28-33-21-31-11-6-8-13-38(31)57(33)50(64)35-23-41(67-4)43(25-39(35)54)69-19-9-18-68-42-24-36-34(22-40(42)66-3)49(63)56-32(27-53-36)20-30-10-5-7-12-37(30)56/h5-8,10-15,22-27,32-33,59-61,65H,9,16-21,28-29H2,1-4H3. The number of aromatic hydroxyl groups is 4. The summed E-state index contributed by atoms with van der Waals surface area (Å²) in [6.07, 6.45) is 3.29. The number of ether oxygens (including phenoxy) is 4. The van der Waals surface area contributed by atoms with Crippen molar-refractivity contribution in [1.29, 1.82) is 0 Å². The summed E-state index contributed by atoms with van der Waals surface area (Å²) >= 11 is 1.32. The molecule has 6 heterocycles. The summed E-state index contributed by atoms with van der Waals surface area (Å²) in [5.74, 6) is -0.996. The Bertz CT molecular complexity index is 3090. The molecule has 0 fully saturated rings. The summed E-state index contributed by atoms with van der Waals surface area (Å²) in [7, 11) is 3.06. The Morgan fingerprint density at radius 2 is 1.35 bits per heavy atom. The van der Waals surface area contributed by atoms with E-state index in [9.17, 15) is 34.8 Å². The molecule has 0 radical (unpaired) electrons. The number of carbonyl (C=O) groups is 3. The fourth-order valence-corrected chi connectivity index (χ4v) is 11.0. The largest absolute Gasteiger partial charge is 0.494 e. The second-order valence-electron chi connectivity index (χ2n) is 18.2. The lowest BCUT2D eigenvalue weighted by Crippen LogP contribution is -2.45. The predicted octanol–water partition coefficient (Wildman–Crippen LogP) is 7.27. The number of nitrogens with zero attached hydrogens (tertiary/aromatic N) is 6. The third-order valence-electron chi connectivity index (χ3n) is 13.0. The predicted molar refractivity (Wildman–Crippen MR) is 265 cm³/mol. The van der Waals surface area contributed by atoms with Crippen molar-refractivity contribution in [3.63, 3.8) is 0 Å². The van der Waals surface area contributed by atoms with Crippen molar-refractivity contribution in [2.24, 2.45) is 4.99 Å². The number of aliphatic imine (C=N–C) groups is 1. The Labute approximate surface area is 412 Å². The summed E-state index contributed by atoms with van der Waals surface area (Å²) < 4.78 is 25.3. The Kier molecular flexibility index (Phi) is 12.4. The van der Waals surface area contributed by atoms with E-state index in [1.807, 2.05) is 79.6 Å². The van der Waals surface area contributed by atoms with Crippen LogP contribution < -0.4 is 38.5 Å². The zero-order valence-corrected chi connectivity index (χ0v) is 40.2. The first-order chi connectivity index (χ1) is 34.2. The molecule has 4 aliphatic rings. The normalized spacial score (nSPS) is 16.6. The van der Waals surface area contributed by atoms with Crippen LogP contribution in [0.15, 0.2) is 101 Å². The first-order valence-corrected chi connectivity index (χ1v) is 24.0. The maximum absolute atomic E-state index is 14.7. The Balaban J connectivity index is 0.851. The van der Waals surface area contributed by atoms with E-state index in [-0.39, 0.29) is 61.8 Å². The van der Waals surface area contributed by atoms with Crippen LogP contribution in [-0.2, 0) is 24.2 Å². The Morgan fingerprint density at radius 1 is 0.732 bits per heavy atom. The molecule has 2 atom stereocenters. The average Bonchev–Trinajstić information content (AvgIpc) is 4.04. The number of para-hydroxylation sites is 2. The summed E-state index contributed by atoms with van der Waals surface area (Å²) in [6.45, 7) is 5.15. The van der Waals surface area contributed by atoms with Gasteiger partial charge < -0.3 is 54.0 Å². The molecule has 0 spiro atoms. The van der Waals surface area contributed by atoms with Crippen molar-refractivity contribution < 1.29 is 58.6 Å². The molecular weight excluding hydrogens is 933 g/mol. The first kappa shape index (κ1) is 46.8. The number of aromatic nitrogens is 2. The van der Waals surface area contributed by atoms with Crippen LogP contribution in [0.4, 0.5) is 22.7 Å². The molecule has 4 aliphatic heterocycles. The minimum absolute atomic E-state index is 0.155. The maximum Gasteiger partial charge on any atom is 0.335 e. The molecule has 2 unspecified atom stereocenters. The van der Waals surface area contributed by atoms with Crippen molar-refractivity contribution in [2.75, 3.05) is 55.2 Å². The molecule has 4 N–H and O–H groups in total. The van der Waals surface area contributed by atoms with Gasteiger partial charge in [-0.1, -0.05) is 36.4 Å². The zero-order valence-electron chi connectivity index (χ0n) is 39.4. The highest BCUT2D eigenvalue weighted by molar-refractivity contribution is 8.00. The molecular formula is C52H52N6O12S. The van der Waals surface area contributed by atoms with Gasteiger partial charge in [0.1, 0.15) is 0 Å². The number of fused-ring (bicyclic) bond motifs is 8. The Morgan fingerprint density at radius 3 is 2.04 bits per heavy atom. The van der Waals surface area contributed by atoms with Crippen LogP contribution in [-0.4, -0.2) is 111 Å². The number of amides is 2. The van der Waals surface area contributed by atoms with E-state index in [2.05, 4.69) is 4.90 Å². The Hall–Kier alpha value is -7.93. The fourth-order valence-electron chi connectivity index (χ4n) is 9.81. The van der Waals surface area contributed by atoms with Crippen molar-refractivity contribution in [2.45, 2.75) is 67.8 Å².